The quantitative estimate of drug-likeness (QED) is 0.455. The molecule has 1 aliphatic rings. The minimum Gasteiger partial charge on any atom is -0.497 e. The number of carbonyl (C=O) groups is 1. The lowest BCUT2D eigenvalue weighted by molar-refractivity contribution is 0.0618. The fourth-order valence-electron chi connectivity index (χ4n) is 4.63. The number of aryl methyl sites for hydroxylation is 2. The number of ether oxygens (including phenoxy) is 2. The second-order valence-corrected chi connectivity index (χ2v) is 12.2. The maximum absolute atomic E-state index is 13.2. The van der Waals surface area contributed by atoms with Crippen LogP contribution in [0.4, 0.5) is 5.69 Å². The summed E-state index contributed by atoms with van der Waals surface area (Å²) in [5, 5.41) is 3.14. The Labute approximate surface area is 219 Å². The lowest BCUT2D eigenvalue weighted by Gasteiger charge is -2.38. The molecular weight excluding hydrogens is 488 g/mol. The number of sulfonamides is 1. The Kier molecular flexibility index (Phi) is 7.24. The molecule has 196 valence electrons. The fourth-order valence-corrected chi connectivity index (χ4v) is 5.56. The van der Waals surface area contributed by atoms with Crippen molar-refractivity contribution in [1.82, 2.24) is 5.32 Å². The zero-order valence-corrected chi connectivity index (χ0v) is 23.0. The highest BCUT2D eigenvalue weighted by atomic mass is 32.2. The Morgan fingerprint density at radius 1 is 1.08 bits per heavy atom. The summed E-state index contributed by atoms with van der Waals surface area (Å²) in [6.45, 7) is 8.00. The van der Waals surface area contributed by atoms with E-state index in [1.54, 1.807) is 31.4 Å². The van der Waals surface area contributed by atoms with Crippen molar-refractivity contribution in [1.29, 1.82) is 0 Å². The van der Waals surface area contributed by atoms with Crippen LogP contribution in [0.3, 0.4) is 0 Å². The Morgan fingerprint density at radius 2 is 1.78 bits per heavy atom. The number of hydrogen-bond donors (Lipinski definition) is 1. The van der Waals surface area contributed by atoms with Gasteiger partial charge < -0.3 is 14.8 Å². The van der Waals surface area contributed by atoms with Gasteiger partial charge >= 0.3 is 0 Å². The van der Waals surface area contributed by atoms with Crippen LogP contribution in [0.5, 0.6) is 11.5 Å². The molecular formula is C29H34N2O5S. The van der Waals surface area contributed by atoms with Gasteiger partial charge in [0.2, 0.25) is 10.0 Å². The first kappa shape index (κ1) is 26.5. The van der Waals surface area contributed by atoms with Crippen LogP contribution in [-0.4, -0.2) is 33.3 Å². The van der Waals surface area contributed by atoms with E-state index in [-0.39, 0.29) is 18.5 Å². The number of methoxy groups -OCH3 is 1. The van der Waals surface area contributed by atoms with E-state index < -0.39 is 15.6 Å². The van der Waals surface area contributed by atoms with E-state index in [2.05, 4.69) is 5.32 Å². The summed E-state index contributed by atoms with van der Waals surface area (Å²) >= 11 is 0. The van der Waals surface area contributed by atoms with Crippen LogP contribution in [-0.2, 0) is 16.6 Å². The molecule has 1 N–H and O–H groups in total. The van der Waals surface area contributed by atoms with E-state index in [4.69, 9.17) is 9.47 Å². The van der Waals surface area contributed by atoms with Gasteiger partial charge in [-0.25, -0.2) is 8.42 Å². The Balaban J connectivity index is 1.54. The highest BCUT2D eigenvalue weighted by Gasteiger charge is 2.35. The molecule has 0 saturated carbocycles. The molecule has 1 aliphatic heterocycles. The monoisotopic (exact) mass is 522 g/mol. The molecule has 0 radical (unpaired) electrons. The van der Waals surface area contributed by atoms with E-state index in [1.165, 1.54) is 10.6 Å². The zero-order valence-electron chi connectivity index (χ0n) is 22.2. The van der Waals surface area contributed by atoms with Crippen LogP contribution < -0.4 is 19.1 Å². The number of amides is 1. The Morgan fingerprint density at radius 3 is 2.43 bits per heavy atom. The number of benzene rings is 3. The fraction of sp³-hybridized carbons (Fsp3) is 0.345. The normalized spacial score (nSPS) is 16.3. The summed E-state index contributed by atoms with van der Waals surface area (Å²) in [4.78, 5) is 13.2. The lowest BCUT2D eigenvalue weighted by Crippen LogP contribution is -2.41. The highest BCUT2D eigenvalue weighted by molar-refractivity contribution is 7.92. The minimum absolute atomic E-state index is 0.173. The van der Waals surface area contributed by atoms with E-state index >= 15 is 0 Å². The van der Waals surface area contributed by atoms with Gasteiger partial charge in [-0.05, 0) is 80.8 Å². The maximum atomic E-state index is 13.2. The van der Waals surface area contributed by atoms with Crippen LogP contribution in [0.2, 0.25) is 0 Å². The molecule has 1 amide bonds. The van der Waals surface area contributed by atoms with E-state index in [1.807, 2.05) is 64.1 Å². The summed E-state index contributed by atoms with van der Waals surface area (Å²) in [5.74, 6) is 1.22. The lowest BCUT2D eigenvalue weighted by atomic mass is 9.89. The molecule has 0 aliphatic carbocycles. The third-order valence-corrected chi connectivity index (χ3v) is 7.68. The van der Waals surface area contributed by atoms with Crippen LogP contribution >= 0.6 is 0 Å². The van der Waals surface area contributed by atoms with Gasteiger partial charge in [-0.2, -0.15) is 0 Å². The second kappa shape index (κ2) is 10.1. The van der Waals surface area contributed by atoms with Gasteiger partial charge in [-0.15, -0.1) is 0 Å². The van der Waals surface area contributed by atoms with Gasteiger partial charge in [0.15, 0.2) is 0 Å². The van der Waals surface area contributed by atoms with Crippen molar-refractivity contribution in [3.05, 3.63) is 88.5 Å². The average Bonchev–Trinajstić information content (AvgIpc) is 2.83. The number of hydrogen-bond acceptors (Lipinski definition) is 5. The standard InChI is InChI=1S/C29H34N2O5S/c1-19-7-8-20(2)26(15-19)31(37(6,33)34)18-21-9-11-22(12-10-21)28(32)30-25-17-29(3,4)36-27-14-13-23(35-5)16-24(25)27/h7-16,25H,17-18H2,1-6H3,(H,30,32)/t25-/m1/s1. The predicted octanol–water partition coefficient (Wildman–Crippen LogP) is 5.31. The Bertz CT molecular complexity index is 1410. The summed E-state index contributed by atoms with van der Waals surface area (Å²) in [6, 6.07) is 18.2. The largest absolute Gasteiger partial charge is 0.497 e. The molecule has 8 heteroatoms. The molecule has 0 fully saturated rings. The molecule has 1 atom stereocenters. The highest BCUT2D eigenvalue weighted by Crippen LogP contribution is 2.41. The number of nitrogens with one attached hydrogen (secondary N) is 1. The molecule has 7 nitrogen and oxygen atoms in total. The first-order valence-corrected chi connectivity index (χ1v) is 14.0. The van der Waals surface area contributed by atoms with Crippen LogP contribution in [0, 0.1) is 13.8 Å². The van der Waals surface area contributed by atoms with E-state index in [9.17, 15) is 13.2 Å². The molecule has 1 heterocycles. The molecule has 0 spiro atoms. The van der Waals surface area contributed by atoms with Gasteiger partial charge in [0.25, 0.3) is 5.91 Å². The molecule has 0 unspecified atom stereocenters. The number of rotatable bonds is 7. The average molecular weight is 523 g/mol. The van der Waals surface area contributed by atoms with Crippen molar-refractivity contribution < 1.29 is 22.7 Å². The first-order chi connectivity index (χ1) is 17.4. The first-order valence-electron chi connectivity index (χ1n) is 12.2. The number of fused-ring (bicyclic) bond motifs is 1. The van der Waals surface area contributed by atoms with Crippen LogP contribution in [0.1, 0.15) is 58.9 Å². The minimum atomic E-state index is -3.51. The van der Waals surface area contributed by atoms with Crippen molar-refractivity contribution in [2.75, 3.05) is 17.7 Å². The third-order valence-electron chi connectivity index (χ3n) is 6.56. The summed E-state index contributed by atoms with van der Waals surface area (Å²) in [5.41, 5.74) is 4.23. The third kappa shape index (κ3) is 6.07. The van der Waals surface area contributed by atoms with Gasteiger partial charge in [0.05, 0.1) is 31.6 Å². The van der Waals surface area contributed by atoms with E-state index in [0.717, 1.165) is 28.0 Å². The summed E-state index contributed by atoms with van der Waals surface area (Å²) in [6.07, 6.45) is 1.81. The molecule has 37 heavy (non-hydrogen) atoms. The number of carbonyl (C=O) groups excluding carboxylic acids is 1. The number of anilines is 1. The smallest absolute Gasteiger partial charge is 0.251 e. The molecule has 3 aromatic rings. The zero-order chi connectivity index (χ0) is 27.0. The van der Waals surface area contributed by atoms with Crippen LogP contribution in [0.25, 0.3) is 0 Å². The van der Waals surface area contributed by atoms with Gasteiger partial charge in [0.1, 0.15) is 17.1 Å². The topological polar surface area (TPSA) is 84.9 Å². The van der Waals surface area contributed by atoms with Crippen molar-refractivity contribution >= 4 is 21.6 Å². The van der Waals surface area contributed by atoms with Crippen molar-refractivity contribution in [3.8, 4) is 11.5 Å². The summed E-state index contributed by atoms with van der Waals surface area (Å²) in [7, 11) is -1.91. The molecule has 0 aromatic heterocycles. The van der Waals surface area contributed by atoms with Gasteiger partial charge in [0, 0.05) is 17.5 Å². The van der Waals surface area contributed by atoms with Crippen molar-refractivity contribution in [2.45, 2.75) is 52.3 Å². The molecule has 4 rings (SSSR count). The molecule has 3 aromatic carbocycles. The Hall–Kier alpha value is -3.52. The molecule has 0 saturated heterocycles. The van der Waals surface area contributed by atoms with Gasteiger partial charge in [-0.1, -0.05) is 24.3 Å². The predicted molar refractivity (Wildman–Crippen MR) is 146 cm³/mol. The van der Waals surface area contributed by atoms with Crippen molar-refractivity contribution in [2.24, 2.45) is 0 Å². The maximum Gasteiger partial charge on any atom is 0.251 e. The van der Waals surface area contributed by atoms with E-state index in [0.29, 0.717) is 23.4 Å². The van der Waals surface area contributed by atoms with Crippen LogP contribution in [0.15, 0.2) is 60.7 Å². The summed E-state index contributed by atoms with van der Waals surface area (Å²) < 4.78 is 38.2. The number of nitrogens with zero attached hydrogens (tertiary/aromatic N) is 1. The second-order valence-electron chi connectivity index (χ2n) is 10.3. The van der Waals surface area contributed by atoms with Gasteiger partial charge in [-0.3, -0.25) is 9.10 Å². The SMILES string of the molecule is COc1ccc2c(c1)[C@H](NC(=O)c1ccc(CN(c3cc(C)ccc3C)S(C)(=O)=O)cc1)CC(C)(C)O2. The molecule has 0 bridgehead atoms. The van der Waals surface area contributed by atoms with Crippen molar-refractivity contribution in [3.63, 3.8) is 0 Å².